The molecule has 0 saturated heterocycles. The summed E-state index contributed by atoms with van der Waals surface area (Å²) in [4.78, 5) is 4.23. The lowest BCUT2D eigenvalue weighted by Gasteiger charge is -1.96. The van der Waals surface area contributed by atoms with Crippen molar-refractivity contribution >= 4 is 0 Å². The molecule has 0 aliphatic rings. The number of hydrogen-bond acceptors (Lipinski definition) is 4. The maximum atomic E-state index is 5.61. The van der Waals surface area contributed by atoms with E-state index in [-0.39, 0.29) is 6.04 Å². The van der Waals surface area contributed by atoms with Crippen LogP contribution in [0.5, 0.6) is 0 Å². The van der Waals surface area contributed by atoms with Crippen LogP contribution in [-0.2, 0) is 12.8 Å². The minimum absolute atomic E-state index is 0.0828. The van der Waals surface area contributed by atoms with Gasteiger partial charge in [0.15, 0.2) is 5.82 Å². The Kier molecular flexibility index (Phi) is 3.89. The van der Waals surface area contributed by atoms with E-state index in [4.69, 9.17) is 10.3 Å². The lowest BCUT2D eigenvalue weighted by Crippen LogP contribution is -2.17. The van der Waals surface area contributed by atoms with Gasteiger partial charge in [0.1, 0.15) is 0 Å². The summed E-state index contributed by atoms with van der Waals surface area (Å²) in [6, 6.07) is 0.0828. The van der Waals surface area contributed by atoms with Crippen LogP contribution < -0.4 is 5.73 Å². The summed E-state index contributed by atoms with van der Waals surface area (Å²) >= 11 is 0. The van der Waals surface area contributed by atoms with Crippen molar-refractivity contribution in [3.05, 3.63) is 11.7 Å². The molecule has 0 aliphatic heterocycles. The lowest BCUT2D eigenvalue weighted by molar-refractivity contribution is 0.366. The fourth-order valence-corrected chi connectivity index (χ4v) is 1.08. The molecule has 2 N–H and O–H groups in total. The number of hydrogen-bond donors (Lipinski definition) is 1. The van der Waals surface area contributed by atoms with E-state index in [1.807, 2.05) is 6.92 Å². The molecule has 0 aliphatic carbocycles. The van der Waals surface area contributed by atoms with Crippen molar-refractivity contribution in [2.24, 2.45) is 5.73 Å². The van der Waals surface area contributed by atoms with E-state index in [1.165, 1.54) is 0 Å². The van der Waals surface area contributed by atoms with Crippen molar-refractivity contribution in [2.75, 3.05) is 0 Å². The average Bonchev–Trinajstić information content (AvgIpc) is 2.48. The average molecular weight is 183 g/mol. The molecule has 1 aromatic heterocycles. The van der Waals surface area contributed by atoms with Gasteiger partial charge in [-0.2, -0.15) is 4.98 Å². The smallest absolute Gasteiger partial charge is 0.228 e. The van der Waals surface area contributed by atoms with Gasteiger partial charge in [0.2, 0.25) is 5.89 Å². The summed E-state index contributed by atoms with van der Waals surface area (Å²) in [7, 11) is 0. The first-order valence-electron chi connectivity index (χ1n) is 4.79. The molecular formula is C9H17N3O. The summed E-state index contributed by atoms with van der Waals surface area (Å²) in [5.74, 6) is 1.46. The normalized spacial score (nSPS) is 13.2. The Balaban J connectivity index is 2.44. The molecule has 0 radical (unpaired) electrons. The quantitative estimate of drug-likeness (QED) is 0.747. The Morgan fingerprint density at radius 2 is 2.31 bits per heavy atom. The van der Waals surface area contributed by atoms with Crippen molar-refractivity contribution in [3.63, 3.8) is 0 Å². The number of unbranched alkanes of at least 4 members (excludes halogenated alkanes) is 1. The zero-order valence-electron chi connectivity index (χ0n) is 8.29. The number of nitrogens with two attached hydrogens (primary N) is 1. The summed E-state index contributed by atoms with van der Waals surface area (Å²) in [6.07, 6.45) is 3.83. The van der Waals surface area contributed by atoms with Crippen LogP contribution in [0.1, 0.15) is 38.4 Å². The van der Waals surface area contributed by atoms with E-state index in [9.17, 15) is 0 Å². The largest absolute Gasteiger partial charge is 0.339 e. The lowest BCUT2D eigenvalue weighted by atomic mass is 10.2. The zero-order valence-corrected chi connectivity index (χ0v) is 8.29. The van der Waals surface area contributed by atoms with Gasteiger partial charge in [-0.1, -0.05) is 18.5 Å². The molecule has 1 atom stereocenters. The Bertz CT molecular complexity index is 245. The Morgan fingerprint density at radius 3 is 2.92 bits per heavy atom. The zero-order chi connectivity index (χ0) is 9.68. The second-order valence-corrected chi connectivity index (χ2v) is 3.39. The van der Waals surface area contributed by atoms with E-state index in [2.05, 4.69) is 17.1 Å². The van der Waals surface area contributed by atoms with Gasteiger partial charge in [-0.3, -0.25) is 0 Å². The van der Waals surface area contributed by atoms with Crippen molar-refractivity contribution < 1.29 is 4.52 Å². The maximum Gasteiger partial charge on any atom is 0.228 e. The minimum Gasteiger partial charge on any atom is -0.339 e. The van der Waals surface area contributed by atoms with Crippen LogP contribution >= 0.6 is 0 Å². The van der Waals surface area contributed by atoms with E-state index >= 15 is 0 Å². The van der Waals surface area contributed by atoms with E-state index in [0.717, 1.165) is 25.1 Å². The van der Waals surface area contributed by atoms with Gasteiger partial charge < -0.3 is 10.3 Å². The third-order valence-corrected chi connectivity index (χ3v) is 1.76. The Hall–Kier alpha value is -0.900. The van der Waals surface area contributed by atoms with Crippen LogP contribution in [-0.4, -0.2) is 16.2 Å². The molecule has 1 aromatic rings. The summed E-state index contributed by atoms with van der Waals surface area (Å²) < 4.78 is 5.03. The van der Waals surface area contributed by atoms with Crippen LogP contribution in [0.3, 0.4) is 0 Å². The first-order valence-corrected chi connectivity index (χ1v) is 4.79. The molecular weight excluding hydrogens is 166 g/mol. The van der Waals surface area contributed by atoms with Crippen molar-refractivity contribution in [3.8, 4) is 0 Å². The SMILES string of the molecule is CCCCc1noc(CC(C)N)n1. The van der Waals surface area contributed by atoms with E-state index < -0.39 is 0 Å². The van der Waals surface area contributed by atoms with Crippen LogP contribution in [0, 0.1) is 0 Å². The van der Waals surface area contributed by atoms with Crippen LogP contribution in [0.15, 0.2) is 4.52 Å². The number of aryl methyl sites for hydroxylation is 1. The highest BCUT2D eigenvalue weighted by atomic mass is 16.5. The predicted molar refractivity (Wildman–Crippen MR) is 50.3 cm³/mol. The van der Waals surface area contributed by atoms with Crippen molar-refractivity contribution in [1.82, 2.24) is 10.1 Å². The van der Waals surface area contributed by atoms with Gasteiger partial charge in [-0.25, -0.2) is 0 Å². The molecule has 74 valence electrons. The van der Waals surface area contributed by atoms with Gasteiger partial charge in [-0.05, 0) is 13.3 Å². The highest BCUT2D eigenvalue weighted by Gasteiger charge is 2.07. The van der Waals surface area contributed by atoms with Crippen molar-refractivity contribution in [2.45, 2.75) is 45.6 Å². The molecule has 0 bridgehead atoms. The van der Waals surface area contributed by atoms with Crippen LogP contribution in [0.4, 0.5) is 0 Å². The van der Waals surface area contributed by atoms with Gasteiger partial charge in [0, 0.05) is 18.9 Å². The molecule has 0 aromatic carbocycles. The molecule has 0 saturated carbocycles. The number of rotatable bonds is 5. The molecule has 0 spiro atoms. The topological polar surface area (TPSA) is 64.9 Å². The first-order chi connectivity index (χ1) is 6.22. The fraction of sp³-hybridized carbons (Fsp3) is 0.778. The molecule has 1 heterocycles. The Morgan fingerprint density at radius 1 is 1.54 bits per heavy atom. The van der Waals surface area contributed by atoms with Gasteiger partial charge in [-0.15, -0.1) is 0 Å². The van der Waals surface area contributed by atoms with Crippen LogP contribution in [0.2, 0.25) is 0 Å². The van der Waals surface area contributed by atoms with Crippen LogP contribution in [0.25, 0.3) is 0 Å². The van der Waals surface area contributed by atoms with Gasteiger partial charge >= 0.3 is 0 Å². The highest BCUT2D eigenvalue weighted by molar-refractivity contribution is 4.88. The number of nitrogens with zero attached hydrogens (tertiary/aromatic N) is 2. The summed E-state index contributed by atoms with van der Waals surface area (Å²) in [5, 5.41) is 3.87. The third kappa shape index (κ3) is 3.55. The maximum absolute atomic E-state index is 5.61. The molecule has 1 rings (SSSR count). The first kappa shape index (κ1) is 10.2. The van der Waals surface area contributed by atoms with Gasteiger partial charge in [0.05, 0.1) is 0 Å². The third-order valence-electron chi connectivity index (χ3n) is 1.76. The van der Waals surface area contributed by atoms with Crippen molar-refractivity contribution in [1.29, 1.82) is 0 Å². The predicted octanol–water partition coefficient (Wildman–Crippen LogP) is 1.30. The second-order valence-electron chi connectivity index (χ2n) is 3.39. The molecule has 13 heavy (non-hydrogen) atoms. The summed E-state index contributed by atoms with van der Waals surface area (Å²) in [6.45, 7) is 4.07. The number of aromatic nitrogens is 2. The fourth-order valence-electron chi connectivity index (χ4n) is 1.08. The second kappa shape index (κ2) is 4.97. The summed E-state index contributed by atoms with van der Waals surface area (Å²) in [5.41, 5.74) is 5.61. The minimum atomic E-state index is 0.0828. The highest BCUT2D eigenvalue weighted by Crippen LogP contribution is 2.03. The van der Waals surface area contributed by atoms with E-state index in [1.54, 1.807) is 0 Å². The molecule has 4 nitrogen and oxygen atoms in total. The standard InChI is InChI=1S/C9H17N3O/c1-3-4-5-8-11-9(13-12-8)6-7(2)10/h7H,3-6,10H2,1-2H3. The molecule has 0 amide bonds. The van der Waals surface area contributed by atoms with E-state index in [0.29, 0.717) is 12.3 Å². The molecule has 1 unspecified atom stereocenters. The Labute approximate surface area is 78.5 Å². The molecule has 0 fully saturated rings. The molecule has 4 heteroatoms. The monoisotopic (exact) mass is 183 g/mol. The van der Waals surface area contributed by atoms with Gasteiger partial charge in [0.25, 0.3) is 0 Å².